The van der Waals surface area contributed by atoms with Gasteiger partial charge in [0.05, 0.1) is 19.8 Å². The third kappa shape index (κ3) is 4.58. The number of rotatable bonds is 8. The molecule has 0 radical (unpaired) electrons. The Kier molecular flexibility index (Phi) is 5.63. The molecule has 1 unspecified atom stereocenters. The van der Waals surface area contributed by atoms with Crippen LogP contribution in [0.15, 0.2) is 28.8 Å². The van der Waals surface area contributed by atoms with E-state index < -0.39 is 11.9 Å². The number of carbonyl (C=O) groups excluding carboxylic acids is 2. The molecular formula is C19H23N3O5. The molecule has 0 bridgehead atoms. The number of carbonyl (C=O) groups is 2. The Balaban J connectivity index is 1.67. The molecule has 1 fully saturated rings. The molecule has 1 aromatic carbocycles. The highest BCUT2D eigenvalue weighted by Crippen LogP contribution is 2.33. The Morgan fingerprint density at radius 3 is 2.70 bits per heavy atom. The molecule has 8 nitrogen and oxygen atoms in total. The lowest BCUT2D eigenvalue weighted by Gasteiger charge is -2.12. The van der Waals surface area contributed by atoms with Crippen LogP contribution in [0.4, 0.5) is 0 Å². The van der Waals surface area contributed by atoms with Crippen molar-refractivity contribution in [3.63, 3.8) is 0 Å². The first-order chi connectivity index (χ1) is 13.0. The van der Waals surface area contributed by atoms with Crippen LogP contribution < -0.4 is 20.1 Å². The van der Waals surface area contributed by atoms with E-state index in [9.17, 15) is 9.59 Å². The SMILES string of the molecule is COc1ccc(OC)c(-c2cc(C(=O)NC(C)C(=O)NCC3CC3)no2)c1. The van der Waals surface area contributed by atoms with Gasteiger partial charge in [0.1, 0.15) is 17.5 Å². The van der Waals surface area contributed by atoms with Gasteiger partial charge in [-0.25, -0.2) is 0 Å². The van der Waals surface area contributed by atoms with Gasteiger partial charge in [-0.05, 0) is 43.9 Å². The topological polar surface area (TPSA) is 103 Å². The molecule has 144 valence electrons. The van der Waals surface area contributed by atoms with Crippen LogP contribution in [0.3, 0.4) is 0 Å². The number of methoxy groups -OCH3 is 2. The van der Waals surface area contributed by atoms with Crippen molar-refractivity contribution in [3.05, 3.63) is 30.0 Å². The van der Waals surface area contributed by atoms with E-state index in [1.54, 1.807) is 32.2 Å². The second-order valence-electron chi connectivity index (χ2n) is 6.53. The number of nitrogens with one attached hydrogen (secondary N) is 2. The highest BCUT2D eigenvalue weighted by atomic mass is 16.5. The van der Waals surface area contributed by atoms with Crippen LogP contribution in [-0.2, 0) is 4.79 Å². The lowest BCUT2D eigenvalue weighted by Crippen LogP contribution is -2.45. The van der Waals surface area contributed by atoms with Crippen molar-refractivity contribution in [1.82, 2.24) is 15.8 Å². The molecule has 0 aliphatic heterocycles. The molecule has 1 aliphatic rings. The van der Waals surface area contributed by atoms with E-state index in [1.807, 2.05) is 0 Å². The van der Waals surface area contributed by atoms with Crippen molar-refractivity contribution >= 4 is 11.8 Å². The molecule has 1 atom stereocenters. The van der Waals surface area contributed by atoms with Gasteiger partial charge in [0.2, 0.25) is 5.91 Å². The first kappa shape index (κ1) is 18.8. The molecular weight excluding hydrogens is 350 g/mol. The molecule has 0 spiro atoms. The van der Waals surface area contributed by atoms with Gasteiger partial charge in [-0.2, -0.15) is 0 Å². The Morgan fingerprint density at radius 2 is 2.04 bits per heavy atom. The summed E-state index contributed by atoms with van der Waals surface area (Å²) in [7, 11) is 3.09. The number of amides is 2. The standard InChI is InChI=1S/C19H23N3O5/c1-11(18(23)20-10-12-4-5-12)21-19(24)15-9-17(27-22-15)14-8-13(25-2)6-7-16(14)26-3/h6-9,11-12H,4-5,10H2,1-3H3,(H,20,23)(H,21,24). The highest BCUT2D eigenvalue weighted by Gasteiger charge is 2.24. The van der Waals surface area contributed by atoms with E-state index in [-0.39, 0.29) is 11.6 Å². The Hall–Kier alpha value is -3.03. The van der Waals surface area contributed by atoms with Crippen LogP contribution >= 0.6 is 0 Å². The maximum Gasteiger partial charge on any atom is 0.274 e. The molecule has 1 saturated carbocycles. The fourth-order valence-electron chi connectivity index (χ4n) is 2.57. The summed E-state index contributed by atoms with van der Waals surface area (Å²) in [5, 5.41) is 9.26. The third-order valence-electron chi connectivity index (χ3n) is 4.42. The van der Waals surface area contributed by atoms with E-state index in [0.29, 0.717) is 35.3 Å². The van der Waals surface area contributed by atoms with Crippen LogP contribution in [-0.4, -0.2) is 43.8 Å². The summed E-state index contributed by atoms with van der Waals surface area (Å²) in [5.74, 6) is 1.42. The van der Waals surface area contributed by atoms with Crippen molar-refractivity contribution in [3.8, 4) is 22.8 Å². The van der Waals surface area contributed by atoms with E-state index in [2.05, 4.69) is 15.8 Å². The number of ether oxygens (including phenoxy) is 2. The minimum absolute atomic E-state index is 0.0803. The molecule has 0 saturated heterocycles. The molecule has 1 aliphatic carbocycles. The Morgan fingerprint density at radius 1 is 1.26 bits per heavy atom. The second kappa shape index (κ2) is 8.11. The van der Waals surface area contributed by atoms with Crippen LogP contribution in [0.25, 0.3) is 11.3 Å². The van der Waals surface area contributed by atoms with Crippen molar-refractivity contribution < 1.29 is 23.6 Å². The van der Waals surface area contributed by atoms with Gasteiger partial charge in [-0.3, -0.25) is 9.59 Å². The van der Waals surface area contributed by atoms with Gasteiger partial charge >= 0.3 is 0 Å². The summed E-state index contributed by atoms with van der Waals surface area (Å²) in [6.45, 7) is 2.29. The summed E-state index contributed by atoms with van der Waals surface area (Å²) in [5.41, 5.74) is 0.690. The van der Waals surface area contributed by atoms with Gasteiger partial charge in [0, 0.05) is 12.6 Å². The molecule has 2 aromatic rings. The summed E-state index contributed by atoms with van der Waals surface area (Å²) < 4.78 is 15.8. The van der Waals surface area contributed by atoms with Gasteiger partial charge < -0.3 is 24.6 Å². The molecule has 3 rings (SSSR count). The first-order valence-corrected chi connectivity index (χ1v) is 8.79. The van der Waals surface area contributed by atoms with E-state index in [4.69, 9.17) is 14.0 Å². The van der Waals surface area contributed by atoms with Crippen LogP contribution in [0.1, 0.15) is 30.3 Å². The minimum atomic E-state index is -0.664. The second-order valence-corrected chi connectivity index (χ2v) is 6.53. The smallest absolute Gasteiger partial charge is 0.274 e. The van der Waals surface area contributed by atoms with Crippen LogP contribution in [0, 0.1) is 5.92 Å². The van der Waals surface area contributed by atoms with Crippen LogP contribution in [0.5, 0.6) is 11.5 Å². The molecule has 2 N–H and O–H groups in total. The third-order valence-corrected chi connectivity index (χ3v) is 4.42. The lowest BCUT2D eigenvalue weighted by molar-refractivity contribution is -0.122. The molecule has 1 aromatic heterocycles. The molecule has 1 heterocycles. The van der Waals surface area contributed by atoms with Gasteiger partial charge in [0.15, 0.2) is 11.5 Å². The maximum absolute atomic E-state index is 12.4. The summed E-state index contributed by atoms with van der Waals surface area (Å²) in [4.78, 5) is 24.4. The van der Waals surface area contributed by atoms with Crippen molar-refractivity contribution in [2.75, 3.05) is 20.8 Å². The zero-order chi connectivity index (χ0) is 19.4. The quantitative estimate of drug-likeness (QED) is 0.734. The number of hydrogen-bond donors (Lipinski definition) is 2. The number of aromatic nitrogens is 1. The first-order valence-electron chi connectivity index (χ1n) is 8.79. The van der Waals surface area contributed by atoms with Gasteiger partial charge in [-0.1, -0.05) is 5.16 Å². The lowest BCUT2D eigenvalue weighted by atomic mass is 10.1. The van der Waals surface area contributed by atoms with E-state index >= 15 is 0 Å². The van der Waals surface area contributed by atoms with Crippen molar-refractivity contribution in [2.45, 2.75) is 25.8 Å². The Bertz CT molecular complexity index is 829. The monoisotopic (exact) mass is 373 g/mol. The summed E-state index contributed by atoms with van der Waals surface area (Å²) in [6, 6.07) is 6.07. The fourth-order valence-corrected chi connectivity index (χ4v) is 2.57. The number of hydrogen-bond acceptors (Lipinski definition) is 6. The molecule has 2 amide bonds. The van der Waals surface area contributed by atoms with Crippen molar-refractivity contribution in [1.29, 1.82) is 0 Å². The maximum atomic E-state index is 12.4. The van der Waals surface area contributed by atoms with E-state index in [1.165, 1.54) is 13.2 Å². The van der Waals surface area contributed by atoms with Crippen molar-refractivity contribution in [2.24, 2.45) is 5.92 Å². The van der Waals surface area contributed by atoms with E-state index in [0.717, 1.165) is 12.8 Å². The predicted octanol–water partition coefficient (Wildman–Crippen LogP) is 2.00. The average Bonchev–Trinajstić information content (AvgIpc) is 3.38. The number of nitrogens with zero attached hydrogens (tertiary/aromatic N) is 1. The average molecular weight is 373 g/mol. The normalized spacial score (nSPS) is 14.3. The largest absolute Gasteiger partial charge is 0.497 e. The zero-order valence-corrected chi connectivity index (χ0v) is 15.6. The molecule has 8 heteroatoms. The van der Waals surface area contributed by atoms with Crippen LogP contribution in [0.2, 0.25) is 0 Å². The molecule has 27 heavy (non-hydrogen) atoms. The van der Waals surface area contributed by atoms with Gasteiger partial charge in [0.25, 0.3) is 5.91 Å². The fraction of sp³-hybridized carbons (Fsp3) is 0.421. The Labute approximate surface area is 157 Å². The minimum Gasteiger partial charge on any atom is -0.497 e. The summed E-state index contributed by atoms with van der Waals surface area (Å²) >= 11 is 0. The summed E-state index contributed by atoms with van der Waals surface area (Å²) in [6.07, 6.45) is 2.30. The van der Waals surface area contributed by atoms with Gasteiger partial charge in [-0.15, -0.1) is 0 Å². The zero-order valence-electron chi connectivity index (χ0n) is 15.6. The highest BCUT2D eigenvalue weighted by molar-refractivity contribution is 5.96. The predicted molar refractivity (Wildman–Crippen MR) is 97.7 cm³/mol. The number of benzene rings is 1.